The molecule has 1 unspecified atom stereocenters. The van der Waals surface area contributed by atoms with Crippen molar-refractivity contribution < 1.29 is 4.74 Å². The number of para-hydroxylation sites is 1. The van der Waals surface area contributed by atoms with E-state index in [1.165, 1.54) is 5.56 Å². The Morgan fingerprint density at radius 3 is 2.94 bits per heavy atom. The molecule has 0 amide bonds. The molecular weight excluding hydrogens is 224 g/mol. The molecule has 1 aliphatic rings. The van der Waals surface area contributed by atoms with Crippen molar-refractivity contribution in [2.45, 2.75) is 25.3 Å². The summed E-state index contributed by atoms with van der Waals surface area (Å²) in [6, 6.07) is 8.71. The molecule has 0 saturated carbocycles. The summed E-state index contributed by atoms with van der Waals surface area (Å²) in [7, 11) is 3.80. The fourth-order valence-electron chi connectivity index (χ4n) is 2.23. The zero-order valence-corrected chi connectivity index (χ0v) is 11.0. The fraction of sp³-hybridized carbons (Fsp3) is 0.400. The van der Waals surface area contributed by atoms with E-state index >= 15 is 0 Å². The lowest BCUT2D eigenvalue weighted by molar-refractivity contribution is 0.393. The number of methoxy groups -OCH3 is 1. The second kappa shape index (κ2) is 6.24. The first-order valence-corrected chi connectivity index (χ1v) is 6.35. The lowest BCUT2D eigenvalue weighted by Gasteiger charge is -2.25. The second-order valence-corrected chi connectivity index (χ2v) is 4.54. The van der Waals surface area contributed by atoms with Crippen molar-refractivity contribution in [2.24, 2.45) is 4.99 Å². The maximum absolute atomic E-state index is 5.36. The van der Waals surface area contributed by atoms with E-state index in [0.717, 1.165) is 25.0 Å². The number of aliphatic imine (C=N–C) groups is 1. The van der Waals surface area contributed by atoms with E-state index in [2.05, 4.69) is 35.1 Å². The van der Waals surface area contributed by atoms with Gasteiger partial charge in [-0.3, -0.25) is 0 Å². The van der Waals surface area contributed by atoms with Crippen LogP contribution >= 0.6 is 0 Å². The van der Waals surface area contributed by atoms with Gasteiger partial charge < -0.3 is 9.64 Å². The largest absolute Gasteiger partial charge is 0.496 e. The standard InChI is InChI=1S/C15H20N2O/c1-17-12-16-11-10-14(17)8-5-7-13-6-3-4-9-15(13)18-2/h3-4,6,9-12,14H,5,7-8H2,1-2H3. The van der Waals surface area contributed by atoms with E-state index in [9.17, 15) is 0 Å². The van der Waals surface area contributed by atoms with Crippen LogP contribution in [0.5, 0.6) is 5.75 Å². The van der Waals surface area contributed by atoms with Crippen LogP contribution in [0.25, 0.3) is 0 Å². The van der Waals surface area contributed by atoms with E-state index < -0.39 is 0 Å². The fourth-order valence-corrected chi connectivity index (χ4v) is 2.23. The van der Waals surface area contributed by atoms with Crippen LogP contribution in [0.4, 0.5) is 0 Å². The van der Waals surface area contributed by atoms with Crippen molar-refractivity contribution in [3.05, 3.63) is 42.1 Å². The molecule has 1 aromatic carbocycles. The van der Waals surface area contributed by atoms with Gasteiger partial charge in [0.15, 0.2) is 0 Å². The molecule has 0 aromatic heterocycles. The number of nitrogens with zero attached hydrogens (tertiary/aromatic N) is 2. The highest BCUT2D eigenvalue weighted by atomic mass is 16.5. The van der Waals surface area contributed by atoms with Crippen molar-refractivity contribution in [1.29, 1.82) is 0 Å². The monoisotopic (exact) mass is 244 g/mol. The van der Waals surface area contributed by atoms with Crippen LogP contribution in [0.1, 0.15) is 18.4 Å². The molecule has 1 atom stereocenters. The van der Waals surface area contributed by atoms with Gasteiger partial charge in [-0.25, -0.2) is 4.99 Å². The average molecular weight is 244 g/mol. The third-order valence-corrected chi connectivity index (χ3v) is 3.30. The molecule has 0 fully saturated rings. The van der Waals surface area contributed by atoms with Crippen molar-refractivity contribution in [2.75, 3.05) is 14.2 Å². The molecule has 18 heavy (non-hydrogen) atoms. The Kier molecular flexibility index (Phi) is 4.40. The highest BCUT2D eigenvalue weighted by Gasteiger charge is 2.11. The molecule has 1 heterocycles. The molecule has 0 aliphatic carbocycles. The Balaban J connectivity index is 1.85. The molecule has 0 N–H and O–H groups in total. The van der Waals surface area contributed by atoms with E-state index in [1.54, 1.807) is 7.11 Å². The third-order valence-electron chi connectivity index (χ3n) is 3.30. The maximum Gasteiger partial charge on any atom is 0.122 e. The normalized spacial score (nSPS) is 18.1. The number of hydrogen-bond acceptors (Lipinski definition) is 3. The smallest absolute Gasteiger partial charge is 0.122 e. The van der Waals surface area contributed by atoms with Gasteiger partial charge in [-0.05, 0) is 37.0 Å². The summed E-state index contributed by atoms with van der Waals surface area (Å²) in [6.45, 7) is 0. The summed E-state index contributed by atoms with van der Waals surface area (Å²) in [6.07, 6.45) is 9.26. The van der Waals surface area contributed by atoms with E-state index in [4.69, 9.17) is 4.74 Å². The average Bonchev–Trinajstić information content (AvgIpc) is 2.41. The topological polar surface area (TPSA) is 24.8 Å². The third kappa shape index (κ3) is 3.13. The Labute approximate surface area is 109 Å². The molecule has 96 valence electrons. The summed E-state index contributed by atoms with van der Waals surface area (Å²) in [4.78, 5) is 6.26. The van der Waals surface area contributed by atoms with Gasteiger partial charge in [0, 0.05) is 19.3 Å². The Morgan fingerprint density at radius 1 is 1.33 bits per heavy atom. The number of ether oxygens (including phenoxy) is 1. The van der Waals surface area contributed by atoms with Gasteiger partial charge in [-0.1, -0.05) is 18.2 Å². The summed E-state index contributed by atoms with van der Waals surface area (Å²) >= 11 is 0. The Morgan fingerprint density at radius 2 is 2.17 bits per heavy atom. The van der Waals surface area contributed by atoms with Gasteiger partial charge in [0.05, 0.1) is 13.4 Å². The lowest BCUT2D eigenvalue weighted by atomic mass is 10.0. The molecule has 0 bridgehead atoms. The maximum atomic E-state index is 5.36. The van der Waals surface area contributed by atoms with Gasteiger partial charge >= 0.3 is 0 Å². The van der Waals surface area contributed by atoms with Crippen LogP contribution in [0, 0.1) is 0 Å². The molecule has 3 nitrogen and oxygen atoms in total. The second-order valence-electron chi connectivity index (χ2n) is 4.54. The first-order chi connectivity index (χ1) is 8.81. The van der Waals surface area contributed by atoms with E-state index in [1.807, 2.05) is 24.7 Å². The number of hydrogen-bond donors (Lipinski definition) is 0. The minimum atomic E-state index is 0.470. The molecule has 0 radical (unpaired) electrons. The molecule has 0 saturated heterocycles. The number of likely N-dealkylation sites (N-methyl/N-ethyl adjacent to an activating group) is 1. The van der Waals surface area contributed by atoms with E-state index in [0.29, 0.717) is 6.04 Å². The predicted octanol–water partition coefficient (Wildman–Crippen LogP) is 2.87. The zero-order valence-electron chi connectivity index (χ0n) is 11.0. The van der Waals surface area contributed by atoms with Gasteiger partial charge in [0.25, 0.3) is 0 Å². The summed E-state index contributed by atoms with van der Waals surface area (Å²) < 4.78 is 5.36. The van der Waals surface area contributed by atoms with Crippen molar-refractivity contribution in [3.8, 4) is 5.75 Å². The van der Waals surface area contributed by atoms with Gasteiger partial charge in [0.2, 0.25) is 0 Å². The van der Waals surface area contributed by atoms with Crippen LogP contribution in [-0.4, -0.2) is 31.4 Å². The van der Waals surface area contributed by atoms with Crippen molar-refractivity contribution in [3.63, 3.8) is 0 Å². The summed E-state index contributed by atoms with van der Waals surface area (Å²) in [5.41, 5.74) is 1.29. The molecular formula is C15H20N2O. The predicted molar refractivity (Wildman–Crippen MR) is 75.1 cm³/mol. The minimum absolute atomic E-state index is 0.470. The van der Waals surface area contributed by atoms with Crippen LogP contribution in [0.15, 0.2) is 41.5 Å². The van der Waals surface area contributed by atoms with Gasteiger partial charge in [-0.2, -0.15) is 0 Å². The number of aryl methyl sites for hydroxylation is 1. The van der Waals surface area contributed by atoms with Crippen LogP contribution in [-0.2, 0) is 6.42 Å². The first kappa shape index (κ1) is 12.7. The van der Waals surface area contributed by atoms with Crippen LogP contribution in [0.2, 0.25) is 0 Å². The number of rotatable bonds is 5. The zero-order chi connectivity index (χ0) is 12.8. The molecule has 0 spiro atoms. The summed E-state index contributed by atoms with van der Waals surface area (Å²) in [5.74, 6) is 0.992. The molecule has 2 rings (SSSR count). The quantitative estimate of drug-likeness (QED) is 0.795. The Bertz CT molecular complexity index is 440. The van der Waals surface area contributed by atoms with Crippen LogP contribution < -0.4 is 4.74 Å². The van der Waals surface area contributed by atoms with E-state index in [-0.39, 0.29) is 0 Å². The SMILES string of the molecule is COc1ccccc1CCCC1C=CN=CN1C. The molecule has 1 aromatic rings. The van der Waals surface area contributed by atoms with Crippen LogP contribution in [0.3, 0.4) is 0 Å². The number of benzene rings is 1. The highest BCUT2D eigenvalue weighted by Crippen LogP contribution is 2.20. The Hall–Kier alpha value is -1.77. The summed E-state index contributed by atoms with van der Waals surface area (Å²) in [5, 5.41) is 0. The van der Waals surface area contributed by atoms with Crippen molar-refractivity contribution >= 4 is 6.34 Å². The lowest BCUT2D eigenvalue weighted by Crippen LogP contribution is -2.30. The van der Waals surface area contributed by atoms with Gasteiger partial charge in [-0.15, -0.1) is 0 Å². The van der Waals surface area contributed by atoms with Crippen molar-refractivity contribution in [1.82, 2.24) is 4.90 Å². The minimum Gasteiger partial charge on any atom is -0.496 e. The highest BCUT2D eigenvalue weighted by molar-refractivity contribution is 5.57. The van der Waals surface area contributed by atoms with Gasteiger partial charge in [0.1, 0.15) is 5.75 Å². The first-order valence-electron chi connectivity index (χ1n) is 6.35. The molecule has 1 aliphatic heterocycles. The molecule has 3 heteroatoms.